The maximum Gasteiger partial charge on any atom is 0.387 e. The second kappa shape index (κ2) is 14.6. The maximum atomic E-state index is 12.8. The van der Waals surface area contributed by atoms with Crippen molar-refractivity contribution in [1.29, 1.82) is 0 Å². The molecular formula is C21H29F2IN4O3. The minimum atomic E-state index is -2.94. The van der Waals surface area contributed by atoms with Gasteiger partial charge in [-0.15, -0.1) is 24.0 Å². The molecule has 0 atom stereocenters. The normalized spacial score (nSPS) is 11.0. The van der Waals surface area contributed by atoms with E-state index in [-0.39, 0.29) is 42.0 Å². The van der Waals surface area contributed by atoms with Crippen LogP contribution in [0.4, 0.5) is 8.78 Å². The number of alkyl halides is 2. The summed E-state index contributed by atoms with van der Waals surface area (Å²) >= 11 is 0. The number of halogens is 3. The molecule has 1 aromatic heterocycles. The van der Waals surface area contributed by atoms with Crippen LogP contribution in [0.15, 0.2) is 41.5 Å². The smallest absolute Gasteiger partial charge is 0.387 e. The van der Waals surface area contributed by atoms with Gasteiger partial charge in [-0.05, 0) is 25.0 Å². The molecule has 0 amide bonds. The molecule has 0 saturated heterocycles. The Morgan fingerprint density at radius 2 is 1.87 bits per heavy atom. The zero-order valence-corrected chi connectivity index (χ0v) is 20.2. The number of hydrogen-bond donors (Lipinski definition) is 2. The van der Waals surface area contributed by atoms with Crippen LogP contribution >= 0.6 is 24.0 Å². The van der Waals surface area contributed by atoms with Gasteiger partial charge in [-0.2, -0.15) is 8.78 Å². The molecule has 0 fully saturated rings. The highest BCUT2D eigenvalue weighted by molar-refractivity contribution is 14.0. The number of nitrogens with one attached hydrogen (secondary N) is 2. The van der Waals surface area contributed by atoms with Gasteiger partial charge in [0.05, 0.1) is 13.2 Å². The summed E-state index contributed by atoms with van der Waals surface area (Å²) in [6, 6.07) is 8.75. The van der Waals surface area contributed by atoms with E-state index in [9.17, 15) is 8.78 Å². The van der Waals surface area contributed by atoms with Gasteiger partial charge in [-0.25, -0.2) is 4.98 Å². The summed E-state index contributed by atoms with van der Waals surface area (Å²) in [5, 5.41) is 6.25. The van der Waals surface area contributed by atoms with Gasteiger partial charge < -0.3 is 24.8 Å². The van der Waals surface area contributed by atoms with Crippen molar-refractivity contribution in [2.24, 2.45) is 4.99 Å². The van der Waals surface area contributed by atoms with Crippen molar-refractivity contribution in [3.8, 4) is 17.4 Å². The number of pyridine rings is 1. The van der Waals surface area contributed by atoms with E-state index in [1.807, 2.05) is 19.1 Å². The molecule has 1 heterocycles. The van der Waals surface area contributed by atoms with Gasteiger partial charge >= 0.3 is 6.61 Å². The number of benzene rings is 1. The first kappa shape index (κ1) is 26.7. The predicted molar refractivity (Wildman–Crippen MR) is 127 cm³/mol. The van der Waals surface area contributed by atoms with Gasteiger partial charge in [0.1, 0.15) is 0 Å². The number of ether oxygens (including phenoxy) is 3. The summed E-state index contributed by atoms with van der Waals surface area (Å²) in [5.41, 5.74) is 1.48. The zero-order chi connectivity index (χ0) is 21.8. The van der Waals surface area contributed by atoms with Crippen molar-refractivity contribution >= 4 is 29.9 Å². The van der Waals surface area contributed by atoms with Gasteiger partial charge in [0, 0.05) is 38.0 Å². The molecule has 31 heavy (non-hydrogen) atoms. The van der Waals surface area contributed by atoms with Crippen molar-refractivity contribution in [3.05, 3.63) is 47.7 Å². The summed E-state index contributed by atoms with van der Waals surface area (Å²) < 4.78 is 41.2. The number of hydrogen-bond acceptors (Lipinski definition) is 5. The first-order chi connectivity index (χ1) is 14.6. The van der Waals surface area contributed by atoms with Gasteiger partial charge in [-0.3, -0.25) is 4.99 Å². The van der Waals surface area contributed by atoms with E-state index in [1.54, 1.807) is 38.4 Å². The standard InChI is InChI=1S/C21H28F2N4O3.HI/c1-4-11-29-18-10-9-15(12-25-18)13-26-21(24-3)27-14-16-7-6-8-17(28-5-2)19(16)30-20(22)23;/h6-10,12,20H,4-5,11,13-14H2,1-3H3,(H2,24,26,27);1H. The Morgan fingerprint density at radius 3 is 2.48 bits per heavy atom. The number of aliphatic imine (C=N–C) groups is 1. The summed E-state index contributed by atoms with van der Waals surface area (Å²) in [7, 11) is 1.63. The second-order valence-corrected chi connectivity index (χ2v) is 6.19. The lowest BCUT2D eigenvalue weighted by Crippen LogP contribution is -2.36. The molecule has 10 heteroatoms. The maximum absolute atomic E-state index is 12.8. The third-order valence-corrected chi connectivity index (χ3v) is 3.95. The summed E-state index contributed by atoms with van der Waals surface area (Å²) in [6.07, 6.45) is 2.65. The van der Waals surface area contributed by atoms with Gasteiger partial charge in [0.2, 0.25) is 5.88 Å². The Kier molecular flexibility index (Phi) is 12.6. The van der Waals surface area contributed by atoms with E-state index in [0.29, 0.717) is 37.2 Å². The first-order valence-electron chi connectivity index (χ1n) is 9.79. The van der Waals surface area contributed by atoms with E-state index >= 15 is 0 Å². The molecule has 0 spiro atoms. The van der Waals surface area contributed by atoms with E-state index < -0.39 is 6.61 Å². The van der Waals surface area contributed by atoms with Crippen LogP contribution in [0.5, 0.6) is 17.4 Å². The highest BCUT2D eigenvalue weighted by Gasteiger charge is 2.16. The largest absolute Gasteiger partial charge is 0.490 e. The van der Waals surface area contributed by atoms with E-state index in [0.717, 1.165) is 12.0 Å². The molecule has 2 rings (SSSR count). The lowest BCUT2D eigenvalue weighted by atomic mass is 10.2. The van der Waals surface area contributed by atoms with Crippen molar-refractivity contribution < 1.29 is 23.0 Å². The quantitative estimate of drug-likeness (QED) is 0.246. The SMILES string of the molecule is CCCOc1ccc(CNC(=NC)NCc2cccc(OCC)c2OC(F)F)cn1.I. The molecule has 7 nitrogen and oxygen atoms in total. The monoisotopic (exact) mass is 550 g/mol. The van der Waals surface area contributed by atoms with Crippen LogP contribution in [-0.2, 0) is 13.1 Å². The molecule has 172 valence electrons. The number of guanidine groups is 1. The highest BCUT2D eigenvalue weighted by Crippen LogP contribution is 2.32. The van der Waals surface area contributed by atoms with E-state index in [1.165, 1.54) is 0 Å². The van der Waals surface area contributed by atoms with E-state index in [4.69, 9.17) is 9.47 Å². The molecule has 0 radical (unpaired) electrons. The molecular weight excluding hydrogens is 521 g/mol. The fourth-order valence-electron chi connectivity index (χ4n) is 2.59. The van der Waals surface area contributed by atoms with Crippen molar-refractivity contribution in [2.45, 2.75) is 40.0 Å². The Balaban J connectivity index is 0.00000480. The minimum Gasteiger partial charge on any atom is -0.490 e. The highest BCUT2D eigenvalue weighted by atomic mass is 127. The molecule has 0 aliphatic rings. The van der Waals surface area contributed by atoms with Crippen molar-refractivity contribution in [3.63, 3.8) is 0 Å². The molecule has 2 N–H and O–H groups in total. The average molecular weight is 550 g/mol. The summed E-state index contributed by atoms with van der Waals surface area (Å²) in [4.78, 5) is 8.41. The van der Waals surface area contributed by atoms with Gasteiger partial charge in [-0.1, -0.05) is 25.1 Å². The third-order valence-electron chi connectivity index (χ3n) is 3.95. The zero-order valence-electron chi connectivity index (χ0n) is 17.9. The lowest BCUT2D eigenvalue weighted by molar-refractivity contribution is -0.0520. The fourth-order valence-corrected chi connectivity index (χ4v) is 2.59. The molecule has 1 aromatic carbocycles. The van der Waals surface area contributed by atoms with Crippen LogP contribution in [0.2, 0.25) is 0 Å². The number of aromatic nitrogens is 1. The molecule has 0 aliphatic heterocycles. The number of nitrogens with zero attached hydrogens (tertiary/aromatic N) is 2. The fraction of sp³-hybridized carbons (Fsp3) is 0.429. The van der Waals surface area contributed by atoms with Crippen LogP contribution in [0.25, 0.3) is 0 Å². The molecule has 2 aromatic rings. The Morgan fingerprint density at radius 1 is 1.10 bits per heavy atom. The average Bonchev–Trinajstić information content (AvgIpc) is 2.75. The number of para-hydroxylation sites is 1. The second-order valence-electron chi connectivity index (χ2n) is 6.19. The van der Waals surface area contributed by atoms with Crippen molar-refractivity contribution in [2.75, 3.05) is 20.3 Å². The van der Waals surface area contributed by atoms with Gasteiger partial charge in [0.25, 0.3) is 0 Å². The Labute approximate surface area is 198 Å². The van der Waals surface area contributed by atoms with Crippen LogP contribution in [0.1, 0.15) is 31.4 Å². The summed E-state index contributed by atoms with van der Waals surface area (Å²) in [5.74, 6) is 1.38. The first-order valence-corrected chi connectivity index (χ1v) is 9.79. The molecule has 0 aliphatic carbocycles. The van der Waals surface area contributed by atoms with Crippen LogP contribution in [0, 0.1) is 0 Å². The van der Waals surface area contributed by atoms with E-state index in [2.05, 4.69) is 25.3 Å². The lowest BCUT2D eigenvalue weighted by Gasteiger charge is -2.17. The molecule has 0 saturated carbocycles. The molecule has 0 unspecified atom stereocenters. The van der Waals surface area contributed by atoms with Gasteiger partial charge in [0.15, 0.2) is 17.5 Å². The van der Waals surface area contributed by atoms with Crippen LogP contribution in [0.3, 0.4) is 0 Å². The number of rotatable bonds is 11. The third kappa shape index (κ3) is 9.11. The Bertz CT molecular complexity index is 808. The topological polar surface area (TPSA) is 77.0 Å². The van der Waals surface area contributed by atoms with Crippen LogP contribution in [-0.4, -0.2) is 37.8 Å². The predicted octanol–water partition coefficient (Wildman–Crippen LogP) is 4.35. The molecule has 0 bridgehead atoms. The minimum absolute atomic E-state index is 0. The Hall–Kier alpha value is -2.37. The summed E-state index contributed by atoms with van der Waals surface area (Å²) in [6.45, 7) is 2.55. The van der Waals surface area contributed by atoms with Crippen molar-refractivity contribution in [1.82, 2.24) is 15.6 Å². The van der Waals surface area contributed by atoms with Crippen LogP contribution < -0.4 is 24.8 Å².